The summed E-state index contributed by atoms with van der Waals surface area (Å²) in [5.41, 5.74) is 0.0545. The molecule has 0 spiro atoms. The van der Waals surface area contributed by atoms with Gasteiger partial charge in [0.05, 0.1) is 5.56 Å². The zero-order valence-corrected chi connectivity index (χ0v) is 8.27. The van der Waals surface area contributed by atoms with E-state index in [9.17, 15) is 13.2 Å². The predicted molar refractivity (Wildman–Crippen MR) is 46.6 cm³/mol. The molecule has 0 radical (unpaired) electrons. The molecule has 0 fully saturated rings. The van der Waals surface area contributed by atoms with Crippen molar-refractivity contribution in [2.75, 3.05) is 0 Å². The van der Waals surface area contributed by atoms with Crippen LogP contribution in [0.5, 0.6) is 0 Å². The lowest BCUT2D eigenvalue weighted by molar-refractivity contribution is 0.149. The Labute approximate surface area is 81.1 Å². The van der Waals surface area contributed by atoms with Crippen LogP contribution in [0.15, 0.2) is 6.07 Å². The molecule has 0 saturated heterocycles. The number of aryl methyl sites for hydroxylation is 1. The first kappa shape index (κ1) is 9.76. The molecule has 5 heteroatoms. The van der Waals surface area contributed by atoms with Crippen LogP contribution in [0.2, 0.25) is 0 Å². The van der Waals surface area contributed by atoms with Gasteiger partial charge < -0.3 is 0 Å². The van der Waals surface area contributed by atoms with Crippen LogP contribution < -0.4 is 0 Å². The molecule has 0 aliphatic carbocycles. The standard InChI is InChI=1S/C7H5F3IN/c1-3-2-4(8)12-7(11)5(3)6(9)10/h2,6H,1H3. The number of aromatic nitrogens is 1. The van der Waals surface area contributed by atoms with Gasteiger partial charge in [-0.3, -0.25) is 0 Å². The summed E-state index contributed by atoms with van der Waals surface area (Å²) in [6.45, 7) is 1.44. The highest BCUT2D eigenvalue weighted by molar-refractivity contribution is 14.1. The van der Waals surface area contributed by atoms with Gasteiger partial charge in [-0.1, -0.05) is 0 Å². The predicted octanol–water partition coefficient (Wildman–Crippen LogP) is 3.07. The first-order valence-electron chi connectivity index (χ1n) is 3.13. The van der Waals surface area contributed by atoms with Crippen molar-refractivity contribution in [3.8, 4) is 0 Å². The smallest absolute Gasteiger partial charge is 0.213 e. The van der Waals surface area contributed by atoms with E-state index < -0.39 is 12.4 Å². The maximum atomic E-state index is 12.5. The van der Waals surface area contributed by atoms with E-state index in [1.165, 1.54) is 6.92 Å². The van der Waals surface area contributed by atoms with Crippen LogP contribution >= 0.6 is 22.6 Å². The minimum atomic E-state index is -2.59. The van der Waals surface area contributed by atoms with Crippen LogP contribution in [0.4, 0.5) is 13.2 Å². The second-order valence-corrected chi connectivity index (χ2v) is 3.29. The van der Waals surface area contributed by atoms with E-state index in [2.05, 4.69) is 4.98 Å². The fourth-order valence-electron chi connectivity index (χ4n) is 0.868. The first-order valence-corrected chi connectivity index (χ1v) is 4.21. The Bertz CT molecular complexity index is 278. The molecular formula is C7H5F3IN. The summed E-state index contributed by atoms with van der Waals surface area (Å²) in [7, 11) is 0. The molecule has 1 aromatic rings. The van der Waals surface area contributed by atoms with E-state index in [-0.39, 0.29) is 14.8 Å². The number of pyridine rings is 1. The molecule has 0 aliphatic heterocycles. The Morgan fingerprint density at radius 2 is 2.08 bits per heavy atom. The maximum absolute atomic E-state index is 12.5. The SMILES string of the molecule is Cc1cc(F)nc(I)c1C(F)F. The van der Waals surface area contributed by atoms with E-state index in [1.54, 1.807) is 22.6 Å². The molecule has 1 nitrogen and oxygen atoms in total. The zero-order chi connectivity index (χ0) is 9.30. The van der Waals surface area contributed by atoms with E-state index in [1.807, 2.05) is 0 Å². The molecule has 0 bridgehead atoms. The lowest BCUT2D eigenvalue weighted by Gasteiger charge is -2.05. The third-order valence-corrected chi connectivity index (χ3v) is 2.23. The summed E-state index contributed by atoms with van der Waals surface area (Å²) in [5.74, 6) is -0.721. The van der Waals surface area contributed by atoms with Crippen LogP contribution in [0.1, 0.15) is 17.6 Å². The van der Waals surface area contributed by atoms with Crippen molar-refractivity contribution in [3.05, 3.63) is 26.8 Å². The molecule has 12 heavy (non-hydrogen) atoms. The number of halogens is 4. The lowest BCUT2D eigenvalue weighted by Crippen LogP contribution is -1.99. The van der Waals surface area contributed by atoms with Crippen molar-refractivity contribution in [1.29, 1.82) is 0 Å². The minimum absolute atomic E-state index is 0.0279. The van der Waals surface area contributed by atoms with Crippen LogP contribution in [0.3, 0.4) is 0 Å². The molecule has 0 N–H and O–H groups in total. The quantitative estimate of drug-likeness (QED) is 0.571. The summed E-state index contributed by atoms with van der Waals surface area (Å²) >= 11 is 1.60. The minimum Gasteiger partial charge on any atom is -0.213 e. The van der Waals surface area contributed by atoms with Gasteiger partial charge in [-0.2, -0.15) is 4.39 Å². The van der Waals surface area contributed by atoms with Crippen LogP contribution in [-0.4, -0.2) is 4.98 Å². The average molecular weight is 287 g/mol. The van der Waals surface area contributed by atoms with Crippen LogP contribution in [-0.2, 0) is 0 Å². The van der Waals surface area contributed by atoms with Gasteiger partial charge in [0.15, 0.2) is 0 Å². The number of hydrogen-bond acceptors (Lipinski definition) is 1. The molecule has 0 aliphatic rings. The van der Waals surface area contributed by atoms with Gasteiger partial charge in [0.2, 0.25) is 5.95 Å². The topological polar surface area (TPSA) is 12.9 Å². The third kappa shape index (κ3) is 1.88. The van der Waals surface area contributed by atoms with Gasteiger partial charge >= 0.3 is 0 Å². The molecule has 0 atom stereocenters. The molecule has 0 saturated carbocycles. The molecule has 1 aromatic heterocycles. The normalized spacial score (nSPS) is 10.8. The average Bonchev–Trinajstić information content (AvgIpc) is 1.82. The summed E-state index contributed by atoms with van der Waals surface area (Å²) < 4.78 is 37.0. The molecule has 0 amide bonds. The molecule has 0 aromatic carbocycles. The van der Waals surface area contributed by atoms with Crippen LogP contribution in [0, 0.1) is 16.6 Å². The van der Waals surface area contributed by atoms with E-state index >= 15 is 0 Å². The summed E-state index contributed by atoms with van der Waals surface area (Å²) in [6, 6.07) is 1.00. The Balaban J connectivity index is 3.28. The Morgan fingerprint density at radius 1 is 1.50 bits per heavy atom. The van der Waals surface area contributed by atoms with Gasteiger partial charge in [0.1, 0.15) is 3.70 Å². The molecule has 1 heterocycles. The Hall–Kier alpha value is -0.330. The number of alkyl halides is 2. The van der Waals surface area contributed by atoms with E-state index in [4.69, 9.17) is 0 Å². The van der Waals surface area contributed by atoms with Gasteiger partial charge in [-0.25, -0.2) is 13.8 Å². The first-order chi connectivity index (χ1) is 5.52. The number of hydrogen-bond donors (Lipinski definition) is 0. The fourth-order valence-corrected chi connectivity index (χ4v) is 1.76. The molecule has 1 rings (SSSR count). The van der Waals surface area contributed by atoms with Gasteiger partial charge in [0.25, 0.3) is 6.43 Å². The highest BCUT2D eigenvalue weighted by atomic mass is 127. The second kappa shape index (κ2) is 3.59. The highest BCUT2D eigenvalue weighted by Gasteiger charge is 2.16. The Kier molecular flexibility index (Phi) is 2.92. The highest BCUT2D eigenvalue weighted by Crippen LogP contribution is 2.26. The second-order valence-electron chi connectivity index (χ2n) is 2.27. The van der Waals surface area contributed by atoms with Crippen LogP contribution in [0.25, 0.3) is 0 Å². The molecular weight excluding hydrogens is 282 g/mol. The lowest BCUT2D eigenvalue weighted by atomic mass is 10.2. The Morgan fingerprint density at radius 3 is 2.50 bits per heavy atom. The van der Waals surface area contributed by atoms with E-state index in [0.29, 0.717) is 0 Å². The summed E-state index contributed by atoms with van der Waals surface area (Å²) in [4.78, 5) is 3.30. The summed E-state index contributed by atoms with van der Waals surface area (Å²) in [6.07, 6.45) is -2.59. The monoisotopic (exact) mass is 287 g/mol. The van der Waals surface area contributed by atoms with Gasteiger partial charge in [-0.05, 0) is 41.1 Å². The number of rotatable bonds is 1. The molecule has 66 valence electrons. The van der Waals surface area contributed by atoms with E-state index in [0.717, 1.165) is 6.07 Å². The van der Waals surface area contributed by atoms with Crippen molar-refractivity contribution in [2.24, 2.45) is 0 Å². The third-order valence-electron chi connectivity index (χ3n) is 1.41. The van der Waals surface area contributed by atoms with Crippen molar-refractivity contribution < 1.29 is 13.2 Å². The van der Waals surface area contributed by atoms with Crippen molar-refractivity contribution >= 4 is 22.6 Å². The van der Waals surface area contributed by atoms with Gasteiger partial charge in [0, 0.05) is 0 Å². The summed E-state index contributed by atoms with van der Waals surface area (Å²) in [5, 5.41) is 0. The van der Waals surface area contributed by atoms with Crippen molar-refractivity contribution in [1.82, 2.24) is 4.98 Å². The van der Waals surface area contributed by atoms with Crippen molar-refractivity contribution in [3.63, 3.8) is 0 Å². The molecule has 0 unspecified atom stereocenters. The van der Waals surface area contributed by atoms with Gasteiger partial charge in [-0.15, -0.1) is 0 Å². The number of nitrogens with zero attached hydrogens (tertiary/aromatic N) is 1. The zero-order valence-electron chi connectivity index (χ0n) is 6.11. The maximum Gasteiger partial charge on any atom is 0.266 e. The van der Waals surface area contributed by atoms with Crippen molar-refractivity contribution in [2.45, 2.75) is 13.3 Å². The largest absolute Gasteiger partial charge is 0.266 e. The fraction of sp³-hybridized carbons (Fsp3) is 0.286.